The van der Waals surface area contributed by atoms with Gasteiger partial charge in [-0.05, 0) is 18.9 Å². The third-order valence-corrected chi connectivity index (χ3v) is 3.01. The minimum atomic E-state index is 0.236. The van der Waals surface area contributed by atoms with E-state index in [4.69, 9.17) is 11.6 Å². The zero-order valence-electron chi connectivity index (χ0n) is 11.0. The van der Waals surface area contributed by atoms with E-state index < -0.39 is 0 Å². The monoisotopic (exact) mass is 276 g/mol. The lowest BCUT2D eigenvalue weighted by Crippen LogP contribution is -2.19. The normalized spacial score (nSPS) is 11.9. The highest BCUT2D eigenvalue weighted by Crippen LogP contribution is 2.20. The molecule has 0 bridgehead atoms. The smallest absolute Gasteiger partial charge is 0.224 e. The number of nitrogens with one attached hydrogen (secondary N) is 2. The fourth-order valence-electron chi connectivity index (χ4n) is 1.84. The van der Waals surface area contributed by atoms with Gasteiger partial charge in [-0.15, -0.1) is 0 Å². The van der Waals surface area contributed by atoms with Crippen LogP contribution in [-0.2, 0) is 6.42 Å². The highest BCUT2D eigenvalue weighted by molar-refractivity contribution is 6.32. The minimum Gasteiger partial charge on any atom is -0.366 e. The van der Waals surface area contributed by atoms with E-state index in [9.17, 15) is 0 Å². The van der Waals surface area contributed by atoms with Crippen molar-refractivity contribution in [3.8, 4) is 0 Å². The highest BCUT2D eigenvalue weighted by Gasteiger charge is 2.09. The molecule has 0 spiro atoms. The zero-order valence-corrected chi connectivity index (χ0v) is 11.8. The van der Waals surface area contributed by atoms with Gasteiger partial charge in [0.25, 0.3) is 0 Å². The predicted octanol–water partition coefficient (Wildman–Crippen LogP) is 3.21. The number of benzene rings is 1. The topological polar surface area (TPSA) is 49.8 Å². The Balaban J connectivity index is 2.04. The number of aromatic nitrogens is 2. The molecular formula is C14H17ClN4. The van der Waals surface area contributed by atoms with Crippen molar-refractivity contribution in [2.75, 3.05) is 17.7 Å². The molecule has 1 atom stereocenters. The summed E-state index contributed by atoms with van der Waals surface area (Å²) in [6.45, 7) is 2.10. The Morgan fingerprint density at radius 3 is 2.68 bits per heavy atom. The van der Waals surface area contributed by atoms with Crippen molar-refractivity contribution < 1.29 is 0 Å². The summed E-state index contributed by atoms with van der Waals surface area (Å²) < 4.78 is 0. The van der Waals surface area contributed by atoms with Gasteiger partial charge in [0, 0.05) is 13.1 Å². The number of rotatable bonds is 5. The molecule has 0 aliphatic heterocycles. The molecule has 1 aromatic heterocycles. The first-order valence-electron chi connectivity index (χ1n) is 6.20. The number of anilines is 2. The lowest BCUT2D eigenvalue weighted by molar-refractivity contribution is 0.784. The van der Waals surface area contributed by atoms with Crippen LogP contribution in [0.3, 0.4) is 0 Å². The fourth-order valence-corrected chi connectivity index (χ4v) is 1.99. The van der Waals surface area contributed by atoms with Crippen LogP contribution in [0.2, 0.25) is 5.02 Å². The summed E-state index contributed by atoms with van der Waals surface area (Å²) in [5.41, 5.74) is 1.28. The van der Waals surface area contributed by atoms with Crippen LogP contribution in [0.4, 0.5) is 11.8 Å². The van der Waals surface area contributed by atoms with E-state index in [0.717, 1.165) is 6.42 Å². The van der Waals surface area contributed by atoms with Gasteiger partial charge in [-0.3, -0.25) is 0 Å². The lowest BCUT2D eigenvalue weighted by atomic mass is 10.1. The van der Waals surface area contributed by atoms with Crippen molar-refractivity contribution in [2.45, 2.75) is 19.4 Å². The molecule has 2 rings (SSSR count). The minimum absolute atomic E-state index is 0.236. The van der Waals surface area contributed by atoms with Crippen LogP contribution >= 0.6 is 11.6 Å². The van der Waals surface area contributed by atoms with Crippen molar-refractivity contribution in [2.24, 2.45) is 0 Å². The molecule has 0 aliphatic carbocycles. The van der Waals surface area contributed by atoms with Crippen molar-refractivity contribution >= 4 is 23.4 Å². The molecule has 100 valence electrons. The Kier molecular flexibility index (Phi) is 4.58. The molecule has 0 radical (unpaired) electrons. The molecular weight excluding hydrogens is 260 g/mol. The average molecular weight is 277 g/mol. The molecule has 5 heteroatoms. The van der Waals surface area contributed by atoms with Crippen molar-refractivity contribution in [3.63, 3.8) is 0 Å². The molecule has 0 fully saturated rings. The zero-order chi connectivity index (χ0) is 13.7. The molecule has 0 aliphatic rings. The molecule has 0 amide bonds. The Morgan fingerprint density at radius 1 is 1.26 bits per heavy atom. The first-order valence-corrected chi connectivity index (χ1v) is 6.57. The summed E-state index contributed by atoms with van der Waals surface area (Å²) in [4.78, 5) is 8.36. The molecule has 0 saturated carbocycles. The van der Waals surface area contributed by atoms with Gasteiger partial charge in [-0.25, -0.2) is 4.98 Å². The molecule has 0 saturated heterocycles. The Morgan fingerprint density at radius 2 is 2.00 bits per heavy atom. The third-order valence-electron chi connectivity index (χ3n) is 2.74. The number of halogens is 1. The van der Waals surface area contributed by atoms with Crippen molar-refractivity contribution in [1.29, 1.82) is 0 Å². The summed E-state index contributed by atoms with van der Waals surface area (Å²) in [7, 11) is 1.78. The molecule has 2 aromatic rings. The fraction of sp³-hybridized carbons (Fsp3) is 0.286. The van der Waals surface area contributed by atoms with E-state index in [0.29, 0.717) is 16.8 Å². The van der Waals surface area contributed by atoms with E-state index in [1.165, 1.54) is 5.56 Å². The van der Waals surface area contributed by atoms with Crippen LogP contribution in [0.5, 0.6) is 0 Å². The van der Waals surface area contributed by atoms with Gasteiger partial charge in [0.1, 0.15) is 5.02 Å². The molecule has 19 heavy (non-hydrogen) atoms. The molecule has 4 nitrogen and oxygen atoms in total. The maximum absolute atomic E-state index is 6.08. The van der Waals surface area contributed by atoms with Gasteiger partial charge >= 0.3 is 0 Å². The predicted molar refractivity (Wildman–Crippen MR) is 79.8 cm³/mol. The quantitative estimate of drug-likeness (QED) is 0.880. The first-order chi connectivity index (χ1) is 9.19. The largest absolute Gasteiger partial charge is 0.366 e. The summed E-state index contributed by atoms with van der Waals surface area (Å²) >= 11 is 6.08. The van der Waals surface area contributed by atoms with Gasteiger partial charge in [-0.1, -0.05) is 41.9 Å². The molecule has 1 heterocycles. The van der Waals surface area contributed by atoms with Gasteiger partial charge in [0.2, 0.25) is 5.95 Å². The van der Waals surface area contributed by atoms with Crippen LogP contribution in [0.25, 0.3) is 0 Å². The van der Waals surface area contributed by atoms with E-state index in [1.807, 2.05) is 18.2 Å². The Labute approximate surface area is 118 Å². The Hall–Kier alpha value is -1.81. The van der Waals surface area contributed by atoms with Crippen LogP contribution in [0, 0.1) is 0 Å². The maximum Gasteiger partial charge on any atom is 0.224 e. The van der Waals surface area contributed by atoms with Crippen molar-refractivity contribution in [3.05, 3.63) is 47.1 Å². The summed E-state index contributed by atoms with van der Waals surface area (Å²) in [5, 5.41) is 6.73. The summed E-state index contributed by atoms with van der Waals surface area (Å²) in [6.07, 6.45) is 2.51. The third kappa shape index (κ3) is 3.83. The second-order valence-corrected chi connectivity index (χ2v) is 4.78. The van der Waals surface area contributed by atoms with Gasteiger partial charge in [0.15, 0.2) is 5.82 Å². The van der Waals surface area contributed by atoms with Gasteiger partial charge < -0.3 is 10.6 Å². The second kappa shape index (κ2) is 6.38. The van der Waals surface area contributed by atoms with Crippen LogP contribution in [0.15, 0.2) is 36.5 Å². The van der Waals surface area contributed by atoms with Gasteiger partial charge in [0.05, 0.1) is 6.20 Å². The van der Waals surface area contributed by atoms with Crippen LogP contribution < -0.4 is 10.6 Å². The van der Waals surface area contributed by atoms with Crippen LogP contribution in [-0.4, -0.2) is 23.1 Å². The SMILES string of the molecule is CNc1ncc(Cl)c(NC(C)Cc2ccccc2)n1. The number of hydrogen-bond acceptors (Lipinski definition) is 4. The average Bonchev–Trinajstić information content (AvgIpc) is 2.42. The van der Waals surface area contributed by atoms with Crippen LogP contribution in [0.1, 0.15) is 12.5 Å². The highest BCUT2D eigenvalue weighted by atomic mass is 35.5. The standard InChI is InChI=1S/C14H17ClN4/c1-10(8-11-6-4-3-5-7-11)18-13-12(15)9-17-14(16-2)19-13/h3-7,9-10H,8H2,1-2H3,(H2,16,17,18,19). The summed E-state index contributed by atoms with van der Waals surface area (Å²) in [5.74, 6) is 1.21. The number of nitrogens with zero attached hydrogens (tertiary/aromatic N) is 2. The van der Waals surface area contributed by atoms with E-state index in [2.05, 4.69) is 39.7 Å². The Bertz CT molecular complexity index is 530. The van der Waals surface area contributed by atoms with E-state index in [1.54, 1.807) is 13.2 Å². The van der Waals surface area contributed by atoms with E-state index in [-0.39, 0.29) is 6.04 Å². The van der Waals surface area contributed by atoms with E-state index >= 15 is 0 Å². The maximum atomic E-state index is 6.08. The van der Waals surface area contributed by atoms with Crippen molar-refractivity contribution in [1.82, 2.24) is 9.97 Å². The molecule has 2 N–H and O–H groups in total. The van der Waals surface area contributed by atoms with Gasteiger partial charge in [-0.2, -0.15) is 4.98 Å². The molecule has 1 aromatic carbocycles. The summed E-state index contributed by atoms with van der Waals surface area (Å²) in [6, 6.07) is 10.6. The second-order valence-electron chi connectivity index (χ2n) is 4.38. The first kappa shape index (κ1) is 13.6. The molecule has 1 unspecified atom stereocenters. The number of hydrogen-bond donors (Lipinski definition) is 2. The lowest BCUT2D eigenvalue weighted by Gasteiger charge is -2.16.